The summed E-state index contributed by atoms with van der Waals surface area (Å²) in [5.74, 6) is 1.34. The first-order valence-electron chi connectivity index (χ1n) is 4.43. The molecule has 1 N–H and O–H groups in total. The molecular weight excluding hydrogens is 172 g/mol. The number of rotatable bonds is 4. The van der Waals surface area contributed by atoms with Gasteiger partial charge in [0.15, 0.2) is 0 Å². The van der Waals surface area contributed by atoms with Crippen LogP contribution in [0.5, 0.6) is 0 Å². The predicted molar refractivity (Wildman–Crippen MR) is 51.4 cm³/mol. The van der Waals surface area contributed by atoms with E-state index < -0.39 is 0 Å². The van der Waals surface area contributed by atoms with Gasteiger partial charge in [0.1, 0.15) is 6.29 Å². The van der Waals surface area contributed by atoms with E-state index in [1.807, 2.05) is 6.92 Å². The van der Waals surface area contributed by atoms with Crippen LogP contribution in [0.3, 0.4) is 0 Å². The van der Waals surface area contributed by atoms with Crippen LogP contribution in [0, 0.1) is 5.92 Å². The van der Waals surface area contributed by atoms with Crippen LogP contribution in [0.4, 0.5) is 0 Å². The second-order valence-electron chi connectivity index (χ2n) is 3.63. The molecule has 0 aromatic carbocycles. The van der Waals surface area contributed by atoms with E-state index in [4.69, 9.17) is 5.11 Å². The molecule has 0 aromatic heterocycles. The second kappa shape index (κ2) is 4.28. The summed E-state index contributed by atoms with van der Waals surface area (Å²) in [6, 6.07) is 0. The smallest absolute Gasteiger partial charge is 0.136 e. The molecule has 0 radical (unpaired) electrons. The molecule has 2 nitrogen and oxygen atoms in total. The maximum Gasteiger partial charge on any atom is 0.136 e. The van der Waals surface area contributed by atoms with E-state index in [1.165, 1.54) is 0 Å². The summed E-state index contributed by atoms with van der Waals surface area (Å²) in [5, 5.41) is 8.88. The first-order valence-corrected chi connectivity index (χ1v) is 5.42. The van der Waals surface area contributed by atoms with Gasteiger partial charge >= 0.3 is 0 Å². The lowest BCUT2D eigenvalue weighted by Crippen LogP contribution is -2.27. The number of thioether (sulfide) groups is 1. The predicted octanol–water partition coefficient (Wildman–Crippen LogP) is 1.47. The molecule has 0 aliphatic carbocycles. The normalized spacial score (nSPS) is 31.8. The van der Waals surface area contributed by atoms with Crippen molar-refractivity contribution in [3.8, 4) is 0 Å². The average molecular weight is 188 g/mol. The van der Waals surface area contributed by atoms with Gasteiger partial charge in [0.2, 0.25) is 0 Å². The van der Waals surface area contributed by atoms with Gasteiger partial charge in [0.25, 0.3) is 0 Å². The fourth-order valence-electron chi connectivity index (χ4n) is 1.68. The summed E-state index contributed by atoms with van der Waals surface area (Å²) in [4.78, 5) is 10.9. The van der Waals surface area contributed by atoms with Crippen LogP contribution in [0.1, 0.15) is 26.2 Å². The van der Waals surface area contributed by atoms with Crippen molar-refractivity contribution < 1.29 is 9.90 Å². The Bertz CT molecular complexity index is 153. The van der Waals surface area contributed by atoms with Crippen LogP contribution >= 0.6 is 11.8 Å². The number of aliphatic hydroxyl groups excluding tert-OH is 1. The highest BCUT2D eigenvalue weighted by Crippen LogP contribution is 2.40. The number of carbonyl (C=O) groups is 1. The standard InChI is InChI=1S/C9H16O2S/c1-8(6-10)5-9(7-11)3-2-4-12-9/h7-8,10H,2-6H2,1H3. The fourth-order valence-corrected chi connectivity index (χ4v) is 3.13. The average Bonchev–Trinajstić information content (AvgIpc) is 2.54. The van der Waals surface area contributed by atoms with Crippen LogP contribution in [0.15, 0.2) is 0 Å². The summed E-state index contributed by atoms with van der Waals surface area (Å²) < 4.78 is -0.165. The molecule has 0 bridgehead atoms. The van der Waals surface area contributed by atoms with E-state index in [2.05, 4.69) is 0 Å². The van der Waals surface area contributed by atoms with Crippen molar-refractivity contribution >= 4 is 18.0 Å². The van der Waals surface area contributed by atoms with Gasteiger partial charge in [-0.2, -0.15) is 0 Å². The minimum atomic E-state index is -0.165. The molecule has 0 spiro atoms. The van der Waals surface area contributed by atoms with Crippen molar-refractivity contribution in [1.29, 1.82) is 0 Å². The molecule has 0 saturated carbocycles. The molecule has 2 atom stereocenters. The molecule has 1 fully saturated rings. The van der Waals surface area contributed by atoms with E-state index >= 15 is 0 Å². The lowest BCUT2D eigenvalue weighted by atomic mass is 9.93. The molecule has 1 aliphatic rings. The van der Waals surface area contributed by atoms with Crippen LogP contribution in [-0.2, 0) is 4.79 Å². The van der Waals surface area contributed by atoms with Crippen LogP contribution in [-0.4, -0.2) is 28.5 Å². The highest BCUT2D eigenvalue weighted by molar-refractivity contribution is 8.01. The molecule has 0 aromatic rings. The Labute approximate surface area is 77.7 Å². The van der Waals surface area contributed by atoms with Crippen LogP contribution in [0.25, 0.3) is 0 Å². The zero-order valence-corrected chi connectivity index (χ0v) is 8.27. The fraction of sp³-hybridized carbons (Fsp3) is 0.889. The minimum absolute atomic E-state index is 0.165. The Kier molecular flexibility index (Phi) is 3.59. The monoisotopic (exact) mass is 188 g/mol. The topological polar surface area (TPSA) is 37.3 Å². The Hall–Kier alpha value is -0.0200. The molecule has 1 saturated heterocycles. The van der Waals surface area contributed by atoms with Crippen molar-refractivity contribution in [2.24, 2.45) is 5.92 Å². The number of aldehydes is 1. The third-order valence-electron chi connectivity index (χ3n) is 2.35. The van der Waals surface area contributed by atoms with Crippen LogP contribution in [0.2, 0.25) is 0 Å². The third-order valence-corrected chi connectivity index (χ3v) is 3.89. The van der Waals surface area contributed by atoms with E-state index in [0.29, 0.717) is 0 Å². The maximum absolute atomic E-state index is 10.9. The van der Waals surface area contributed by atoms with E-state index in [0.717, 1.165) is 31.3 Å². The van der Waals surface area contributed by atoms with Crippen molar-refractivity contribution in [3.05, 3.63) is 0 Å². The molecule has 1 rings (SSSR count). The lowest BCUT2D eigenvalue weighted by Gasteiger charge is -2.23. The molecular formula is C9H16O2S. The van der Waals surface area contributed by atoms with Crippen molar-refractivity contribution in [2.75, 3.05) is 12.4 Å². The molecule has 1 aliphatic heterocycles. The third kappa shape index (κ3) is 2.23. The molecule has 3 heteroatoms. The molecule has 70 valence electrons. The van der Waals surface area contributed by atoms with E-state index in [9.17, 15) is 4.79 Å². The largest absolute Gasteiger partial charge is 0.396 e. The van der Waals surface area contributed by atoms with Gasteiger partial charge in [0, 0.05) is 6.61 Å². The number of hydrogen-bond acceptors (Lipinski definition) is 3. The second-order valence-corrected chi connectivity index (χ2v) is 5.14. The molecule has 2 unspecified atom stereocenters. The molecule has 1 heterocycles. The first kappa shape index (κ1) is 10.1. The van der Waals surface area contributed by atoms with Gasteiger partial charge in [-0.05, 0) is 30.9 Å². The SMILES string of the molecule is CC(CO)CC1(C=O)CCCS1. The van der Waals surface area contributed by atoms with E-state index in [1.54, 1.807) is 11.8 Å². The van der Waals surface area contributed by atoms with Crippen molar-refractivity contribution in [3.63, 3.8) is 0 Å². The number of carbonyl (C=O) groups excluding carboxylic acids is 1. The number of aliphatic hydroxyl groups is 1. The Morgan fingerprint density at radius 3 is 2.92 bits per heavy atom. The van der Waals surface area contributed by atoms with Gasteiger partial charge in [-0.3, -0.25) is 0 Å². The maximum atomic E-state index is 10.9. The van der Waals surface area contributed by atoms with E-state index in [-0.39, 0.29) is 17.3 Å². The lowest BCUT2D eigenvalue weighted by molar-refractivity contribution is -0.110. The Balaban J connectivity index is 2.49. The molecule has 0 amide bonds. The van der Waals surface area contributed by atoms with Gasteiger partial charge in [-0.25, -0.2) is 0 Å². The van der Waals surface area contributed by atoms with Gasteiger partial charge < -0.3 is 9.90 Å². The number of hydrogen-bond donors (Lipinski definition) is 1. The van der Waals surface area contributed by atoms with Gasteiger partial charge in [0.05, 0.1) is 4.75 Å². The van der Waals surface area contributed by atoms with Gasteiger partial charge in [-0.1, -0.05) is 6.92 Å². The summed E-state index contributed by atoms with van der Waals surface area (Å²) in [5.41, 5.74) is 0. The summed E-state index contributed by atoms with van der Waals surface area (Å²) in [6.45, 7) is 2.18. The van der Waals surface area contributed by atoms with Gasteiger partial charge in [-0.15, -0.1) is 11.8 Å². The highest BCUT2D eigenvalue weighted by atomic mass is 32.2. The zero-order chi connectivity index (χ0) is 9.03. The summed E-state index contributed by atoms with van der Waals surface area (Å²) in [7, 11) is 0. The minimum Gasteiger partial charge on any atom is -0.396 e. The summed E-state index contributed by atoms with van der Waals surface area (Å²) in [6.07, 6.45) is 4.04. The Morgan fingerprint density at radius 2 is 2.50 bits per heavy atom. The molecule has 12 heavy (non-hydrogen) atoms. The van der Waals surface area contributed by atoms with Crippen LogP contribution < -0.4 is 0 Å². The highest BCUT2D eigenvalue weighted by Gasteiger charge is 2.35. The zero-order valence-electron chi connectivity index (χ0n) is 7.45. The Morgan fingerprint density at radius 1 is 1.75 bits per heavy atom. The first-order chi connectivity index (χ1) is 5.72. The quantitative estimate of drug-likeness (QED) is 0.679. The van der Waals surface area contributed by atoms with Crippen molar-refractivity contribution in [2.45, 2.75) is 30.9 Å². The van der Waals surface area contributed by atoms with Crippen molar-refractivity contribution in [1.82, 2.24) is 0 Å². The summed E-state index contributed by atoms with van der Waals surface area (Å²) >= 11 is 1.75.